The monoisotopic (exact) mass is 548 g/mol. The zero-order chi connectivity index (χ0) is 28.1. The van der Waals surface area contributed by atoms with Crippen molar-refractivity contribution in [2.24, 2.45) is 5.10 Å². The average Bonchev–Trinajstić information content (AvgIpc) is 3.47. The molecule has 1 unspecified atom stereocenters. The van der Waals surface area contributed by atoms with Crippen LogP contribution in [0.15, 0.2) is 47.6 Å². The molecule has 40 heavy (non-hydrogen) atoms. The summed E-state index contributed by atoms with van der Waals surface area (Å²) in [5, 5.41) is 6.75. The molecule has 2 aromatic carbocycles. The maximum atomic E-state index is 14.4. The quantitative estimate of drug-likeness (QED) is 0.213. The van der Waals surface area contributed by atoms with Crippen molar-refractivity contribution in [3.8, 4) is 0 Å². The Hall–Kier alpha value is -3.27. The van der Waals surface area contributed by atoms with Crippen molar-refractivity contribution in [2.45, 2.75) is 58.3 Å². The van der Waals surface area contributed by atoms with Gasteiger partial charge in [-0.1, -0.05) is 62.7 Å². The first-order chi connectivity index (χ1) is 19.5. The predicted molar refractivity (Wildman–Crippen MR) is 153 cm³/mol. The summed E-state index contributed by atoms with van der Waals surface area (Å²) in [6, 6.07) is 11.5. The van der Waals surface area contributed by atoms with E-state index in [1.165, 1.54) is 42.7 Å². The van der Waals surface area contributed by atoms with E-state index in [0.717, 1.165) is 24.8 Å². The highest BCUT2D eigenvalue weighted by atomic mass is 19.1. The number of carbonyl (C=O) groups excluding carboxylic acids is 3. The topological polar surface area (TPSA) is 73.3 Å². The molecule has 1 saturated heterocycles. The third-order valence-electron chi connectivity index (χ3n) is 8.31. The molecule has 0 aliphatic carbocycles. The van der Waals surface area contributed by atoms with Gasteiger partial charge in [0.05, 0.1) is 42.4 Å². The lowest BCUT2D eigenvalue weighted by Gasteiger charge is -2.41. The number of benzene rings is 2. The van der Waals surface area contributed by atoms with Gasteiger partial charge in [-0.15, -0.1) is 5.01 Å². The summed E-state index contributed by atoms with van der Waals surface area (Å²) >= 11 is 0. The van der Waals surface area contributed by atoms with Crippen molar-refractivity contribution in [1.29, 1.82) is 0 Å². The molecule has 3 heterocycles. The van der Waals surface area contributed by atoms with Crippen LogP contribution in [0.5, 0.6) is 0 Å². The van der Waals surface area contributed by atoms with Crippen molar-refractivity contribution >= 4 is 29.6 Å². The molecule has 212 valence electrons. The van der Waals surface area contributed by atoms with E-state index < -0.39 is 0 Å². The van der Waals surface area contributed by atoms with Crippen LogP contribution in [0.4, 0.5) is 10.1 Å². The van der Waals surface area contributed by atoms with E-state index in [1.54, 1.807) is 36.5 Å². The lowest BCUT2D eigenvalue weighted by atomic mass is 10.1. The Bertz CT molecular complexity index is 1250. The minimum atomic E-state index is -0.380. The first-order valence-electron chi connectivity index (χ1n) is 14.7. The Labute approximate surface area is 235 Å². The van der Waals surface area contributed by atoms with E-state index in [-0.39, 0.29) is 28.2 Å². The number of nitrogens with zero attached hydrogens (tertiary/aromatic N) is 5. The van der Waals surface area contributed by atoms with Gasteiger partial charge in [0.1, 0.15) is 5.82 Å². The molecule has 2 aromatic rings. The number of fused-ring (bicyclic) bond motifs is 2. The predicted octanol–water partition coefficient (Wildman–Crippen LogP) is 4.98. The van der Waals surface area contributed by atoms with Gasteiger partial charge in [-0.25, -0.2) is 9.18 Å². The van der Waals surface area contributed by atoms with Crippen LogP contribution >= 0.6 is 0 Å². The maximum Gasteiger partial charge on any atom is 0.364 e. The summed E-state index contributed by atoms with van der Waals surface area (Å²) in [7, 11) is 0. The fourth-order valence-electron chi connectivity index (χ4n) is 6.01. The van der Waals surface area contributed by atoms with Crippen molar-refractivity contribution in [3.63, 3.8) is 0 Å². The molecule has 0 aromatic heterocycles. The largest absolute Gasteiger partial charge is 0.364 e. The first kappa shape index (κ1) is 28.3. The van der Waals surface area contributed by atoms with E-state index in [1.807, 2.05) is 5.01 Å². The second-order valence-corrected chi connectivity index (χ2v) is 10.9. The van der Waals surface area contributed by atoms with Crippen LogP contribution in [-0.2, 0) is 4.79 Å². The molecule has 3 amide bonds. The van der Waals surface area contributed by atoms with Crippen molar-refractivity contribution in [3.05, 3.63) is 65.0 Å². The minimum absolute atomic E-state index is 0.0337. The SMILES string of the molecule is CCCCCCCCCC(=O)[N+]1(N2CCN(CCN3C(=O)c4ccccc4C3=O)CC2)N=Cc2ccc(F)cc21. The molecule has 8 nitrogen and oxygen atoms in total. The maximum absolute atomic E-state index is 14.4. The van der Waals surface area contributed by atoms with Crippen LogP contribution in [0.3, 0.4) is 0 Å². The van der Waals surface area contributed by atoms with Gasteiger partial charge < -0.3 is 0 Å². The van der Waals surface area contributed by atoms with Crippen LogP contribution in [0, 0.1) is 5.82 Å². The standard InChI is InChI=1S/C31H39FN5O3/c1-2-3-4-5-6-7-8-13-29(38)37(28-22-25(32)15-14-24(28)23-33-37)35-19-16-34(17-20-35)18-21-36-30(39)26-11-9-10-12-27(26)31(36)40/h9-12,14-15,22-23H,2-8,13,16-21H2,1H3/q+1. The molecule has 3 aliphatic rings. The van der Waals surface area contributed by atoms with Crippen LogP contribution in [0.25, 0.3) is 0 Å². The minimum Gasteiger partial charge on any atom is -0.299 e. The highest BCUT2D eigenvalue weighted by molar-refractivity contribution is 6.21. The third kappa shape index (κ3) is 5.50. The zero-order valence-corrected chi connectivity index (χ0v) is 23.4. The van der Waals surface area contributed by atoms with E-state index >= 15 is 0 Å². The molecule has 1 fully saturated rings. The van der Waals surface area contributed by atoms with Gasteiger partial charge in [0.2, 0.25) is 0 Å². The molecule has 3 aliphatic heterocycles. The van der Waals surface area contributed by atoms with Gasteiger partial charge in [-0.05, 0) is 35.4 Å². The number of quaternary nitrogens is 1. The lowest BCUT2D eigenvalue weighted by molar-refractivity contribution is -0.150. The molecular formula is C31H39FN5O3+. The third-order valence-corrected chi connectivity index (χ3v) is 8.31. The van der Waals surface area contributed by atoms with Gasteiger partial charge in [0.25, 0.3) is 11.8 Å². The summed E-state index contributed by atoms with van der Waals surface area (Å²) in [5.74, 6) is -0.904. The van der Waals surface area contributed by atoms with Crippen LogP contribution < -0.4 is 4.70 Å². The van der Waals surface area contributed by atoms with Gasteiger partial charge >= 0.3 is 5.91 Å². The summed E-state index contributed by atoms with van der Waals surface area (Å²) in [4.78, 5) is 42.8. The Morgan fingerprint density at radius 2 is 1.52 bits per heavy atom. The zero-order valence-electron chi connectivity index (χ0n) is 23.4. The molecule has 9 heteroatoms. The summed E-state index contributed by atoms with van der Waals surface area (Å²) in [6.07, 6.45) is 9.88. The number of imide groups is 1. The number of amides is 3. The van der Waals surface area contributed by atoms with Crippen LogP contribution in [0.2, 0.25) is 0 Å². The normalized spacial score (nSPS) is 20.8. The molecule has 0 saturated carbocycles. The number of hydrogen-bond acceptors (Lipinski definition) is 6. The second kappa shape index (κ2) is 12.5. The number of unbranched alkanes of at least 4 members (excludes halogenated alkanes) is 6. The molecule has 5 rings (SSSR count). The van der Waals surface area contributed by atoms with Gasteiger partial charge in [-0.3, -0.25) is 19.4 Å². The summed E-state index contributed by atoms with van der Waals surface area (Å²) in [5.41, 5.74) is 2.26. The van der Waals surface area contributed by atoms with Crippen LogP contribution in [-0.4, -0.2) is 78.0 Å². The molecule has 0 spiro atoms. The summed E-state index contributed by atoms with van der Waals surface area (Å²) in [6.45, 7) is 5.47. The highest BCUT2D eigenvalue weighted by Gasteiger charge is 2.51. The van der Waals surface area contributed by atoms with Gasteiger partial charge in [-0.2, -0.15) is 0 Å². The van der Waals surface area contributed by atoms with Crippen molar-refractivity contribution in [1.82, 2.24) is 19.5 Å². The lowest BCUT2D eigenvalue weighted by Crippen LogP contribution is -2.65. The number of hydrogen-bond donors (Lipinski definition) is 0. The average molecular weight is 549 g/mol. The Morgan fingerprint density at radius 1 is 0.875 bits per heavy atom. The smallest absolute Gasteiger partial charge is 0.299 e. The Balaban J connectivity index is 1.21. The van der Waals surface area contributed by atoms with E-state index in [0.29, 0.717) is 62.5 Å². The Morgan fingerprint density at radius 3 is 2.20 bits per heavy atom. The fraction of sp³-hybridized carbons (Fsp3) is 0.484. The van der Waals surface area contributed by atoms with Crippen LogP contribution in [0.1, 0.15) is 84.6 Å². The van der Waals surface area contributed by atoms with E-state index in [9.17, 15) is 18.8 Å². The number of rotatable bonds is 12. The number of piperazine rings is 1. The molecular weight excluding hydrogens is 509 g/mol. The molecule has 0 N–H and O–H groups in total. The van der Waals surface area contributed by atoms with Gasteiger partial charge in [0, 0.05) is 32.2 Å². The first-order valence-corrected chi connectivity index (χ1v) is 14.7. The van der Waals surface area contributed by atoms with E-state index in [4.69, 9.17) is 5.10 Å². The fourth-order valence-corrected chi connectivity index (χ4v) is 6.01. The molecule has 1 atom stereocenters. The molecule has 0 radical (unpaired) electrons. The van der Waals surface area contributed by atoms with E-state index in [2.05, 4.69) is 11.8 Å². The number of carbonyl (C=O) groups is 3. The van der Waals surface area contributed by atoms with Crippen molar-refractivity contribution < 1.29 is 18.8 Å². The molecule has 0 bridgehead atoms. The summed E-state index contributed by atoms with van der Waals surface area (Å²) < 4.78 is 14.1. The second-order valence-electron chi connectivity index (χ2n) is 10.9. The highest BCUT2D eigenvalue weighted by Crippen LogP contribution is 2.37. The van der Waals surface area contributed by atoms with Gasteiger partial charge in [0.15, 0.2) is 5.69 Å². The van der Waals surface area contributed by atoms with Crippen molar-refractivity contribution in [2.75, 3.05) is 39.3 Å². The Kier molecular flexibility index (Phi) is 8.83. The number of halogens is 1.